The molecule has 0 N–H and O–H groups in total. The summed E-state index contributed by atoms with van der Waals surface area (Å²) in [6, 6.07) is 6.74. The minimum absolute atomic E-state index is 0.0892. The van der Waals surface area contributed by atoms with Crippen molar-refractivity contribution in [3.8, 4) is 0 Å². The summed E-state index contributed by atoms with van der Waals surface area (Å²) >= 11 is 3.65. The van der Waals surface area contributed by atoms with E-state index in [1.807, 2.05) is 0 Å². The van der Waals surface area contributed by atoms with Gasteiger partial charge >= 0.3 is 0 Å². The number of carbonyl (C=O) groups is 2. The second kappa shape index (κ2) is 6.08. The van der Waals surface area contributed by atoms with Gasteiger partial charge < -0.3 is 0 Å². The molecule has 0 aliphatic heterocycles. The molecule has 0 saturated heterocycles. The summed E-state index contributed by atoms with van der Waals surface area (Å²) in [4.78, 5) is 25.7. The molecule has 1 atom stereocenters. The topological polar surface area (TPSA) is 82.9 Å². The summed E-state index contributed by atoms with van der Waals surface area (Å²) in [7, 11) is 0. The van der Waals surface area contributed by atoms with Crippen molar-refractivity contribution in [1.82, 2.24) is 0 Å². The molecule has 5 nitrogen and oxygen atoms in total. The van der Waals surface area contributed by atoms with E-state index in [0.717, 1.165) is 0 Å². The molecule has 1 aromatic carbocycles. The highest BCUT2D eigenvalue weighted by Gasteiger charge is 2.21. The third-order valence-electron chi connectivity index (χ3n) is 2.35. The van der Waals surface area contributed by atoms with Gasteiger partial charge in [-0.05, 0) is 18.0 Å². The van der Waals surface area contributed by atoms with Crippen LogP contribution in [-0.2, 0) is 11.3 Å². The third kappa shape index (κ3) is 3.34. The van der Waals surface area contributed by atoms with Crippen molar-refractivity contribution in [3.63, 3.8) is 0 Å². The normalized spacial score (nSPS) is 11.4. The predicted molar refractivity (Wildman–Crippen MR) is 66.8 cm³/mol. The molecule has 1 rings (SSSR count). The minimum atomic E-state index is -0.800. The van der Waals surface area contributed by atoms with Gasteiger partial charge in [0, 0.05) is 10.5 Å². The Bertz CT molecular complexity index is 495. The Morgan fingerprint density at radius 3 is 2.71 bits per heavy atom. The van der Waals surface area contributed by atoms with Crippen LogP contribution in [0.2, 0.25) is 0 Å². The lowest BCUT2D eigenvalue weighted by molar-refractivity contribution is -0.112. The summed E-state index contributed by atoms with van der Waals surface area (Å²) in [5, 5.41) is 2.94. The number of hydrogen-bond donors (Lipinski definition) is 1. The van der Waals surface area contributed by atoms with Gasteiger partial charge in [-0.2, -0.15) is 0 Å². The number of hydrogen-bond acceptors (Lipinski definition) is 3. The predicted octanol–water partition coefficient (Wildman–Crippen LogP) is 2.77. The van der Waals surface area contributed by atoms with Crippen molar-refractivity contribution < 1.29 is 9.59 Å². The molecule has 1 unspecified atom stereocenters. The number of azide groups is 1. The molecule has 1 aromatic rings. The SMILES string of the molecule is CC(C(=O)S)C(=O)c1ccccc1CN=[N+]=[N-]. The third-order valence-corrected chi connectivity index (χ3v) is 2.74. The van der Waals surface area contributed by atoms with E-state index in [9.17, 15) is 9.59 Å². The van der Waals surface area contributed by atoms with Crippen molar-refractivity contribution in [2.75, 3.05) is 0 Å². The number of benzene rings is 1. The van der Waals surface area contributed by atoms with Gasteiger partial charge in [0.1, 0.15) is 0 Å². The van der Waals surface area contributed by atoms with Crippen molar-refractivity contribution in [2.24, 2.45) is 11.0 Å². The van der Waals surface area contributed by atoms with E-state index in [4.69, 9.17) is 5.53 Å². The van der Waals surface area contributed by atoms with Crippen LogP contribution < -0.4 is 0 Å². The average molecular weight is 249 g/mol. The Balaban J connectivity index is 3.08. The van der Waals surface area contributed by atoms with Gasteiger partial charge in [-0.15, -0.1) is 12.6 Å². The monoisotopic (exact) mass is 249 g/mol. The first-order valence-corrected chi connectivity index (χ1v) is 5.38. The smallest absolute Gasteiger partial charge is 0.196 e. The van der Waals surface area contributed by atoms with Crippen LogP contribution in [0.1, 0.15) is 22.8 Å². The zero-order valence-corrected chi connectivity index (χ0v) is 10.1. The Hall–Kier alpha value is -1.78. The highest BCUT2D eigenvalue weighted by atomic mass is 32.1. The molecule has 0 radical (unpaired) electrons. The molecule has 0 aromatic heterocycles. The van der Waals surface area contributed by atoms with E-state index >= 15 is 0 Å². The number of thiol groups is 1. The Labute approximate surface area is 104 Å². The van der Waals surface area contributed by atoms with Gasteiger partial charge in [0.2, 0.25) is 0 Å². The molecule has 0 bridgehead atoms. The van der Waals surface area contributed by atoms with Gasteiger partial charge in [-0.1, -0.05) is 29.4 Å². The molecular weight excluding hydrogens is 238 g/mol. The van der Waals surface area contributed by atoms with Crippen LogP contribution in [0.5, 0.6) is 0 Å². The van der Waals surface area contributed by atoms with Crippen molar-refractivity contribution >= 4 is 23.5 Å². The van der Waals surface area contributed by atoms with Gasteiger partial charge in [-0.25, -0.2) is 0 Å². The van der Waals surface area contributed by atoms with Crippen LogP contribution in [0.25, 0.3) is 10.4 Å². The standard InChI is InChI=1S/C11H11N3O2S/c1-7(11(16)17)10(15)9-5-3-2-4-8(9)6-13-14-12/h2-5,7H,6H2,1H3,(H,16,17). The Morgan fingerprint density at radius 2 is 2.12 bits per heavy atom. The van der Waals surface area contributed by atoms with E-state index in [0.29, 0.717) is 11.1 Å². The molecule has 0 aliphatic carbocycles. The molecule has 0 aliphatic rings. The molecule has 88 valence electrons. The van der Waals surface area contributed by atoms with Crippen LogP contribution >= 0.6 is 12.6 Å². The summed E-state index contributed by atoms with van der Waals surface area (Å²) < 4.78 is 0. The lowest BCUT2D eigenvalue weighted by Gasteiger charge is -2.09. The quantitative estimate of drug-likeness (QED) is 0.217. The van der Waals surface area contributed by atoms with Crippen LogP contribution in [0.4, 0.5) is 0 Å². The number of Topliss-reactive ketones (excluding diaryl/α,β-unsaturated/α-hetero) is 1. The molecule has 17 heavy (non-hydrogen) atoms. The molecule has 6 heteroatoms. The lowest BCUT2D eigenvalue weighted by atomic mass is 9.96. The molecule has 0 saturated carbocycles. The maximum Gasteiger partial charge on any atom is 0.196 e. The van der Waals surface area contributed by atoms with Gasteiger partial charge in [0.25, 0.3) is 0 Å². The molecule has 0 spiro atoms. The fraction of sp³-hybridized carbons (Fsp3) is 0.273. The molecular formula is C11H11N3O2S. The number of rotatable bonds is 5. The van der Waals surface area contributed by atoms with Crippen molar-refractivity contribution in [3.05, 3.63) is 45.8 Å². The van der Waals surface area contributed by atoms with Crippen LogP contribution in [-0.4, -0.2) is 10.9 Å². The average Bonchev–Trinajstić information content (AvgIpc) is 2.34. The summed E-state index contributed by atoms with van der Waals surface area (Å²) in [5.74, 6) is -1.11. The van der Waals surface area contributed by atoms with Crippen molar-refractivity contribution in [2.45, 2.75) is 13.5 Å². The van der Waals surface area contributed by atoms with E-state index < -0.39 is 11.0 Å². The van der Waals surface area contributed by atoms with E-state index in [1.54, 1.807) is 24.3 Å². The largest absolute Gasteiger partial charge is 0.293 e. The van der Waals surface area contributed by atoms with Gasteiger partial charge in [0.05, 0.1) is 12.5 Å². The van der Waals surface area contributed by atoms with E-state index in [2.05, 4.69) is 22.7 Å². The summed E-state index contributed by atoms with van der Waals surface area (Å²) in [6.45, 7) is 1.59. The second-order valence-corrected chi connectivity index (χ2v) is 3.91. The second-order valence-electron chi connectivity index (χ2n) is 3.47. The van der Waals surface area contributed by atoms with Gasteiger partial charge in [0.15, 0.2) is 10.9 Å². The number of nitrogens with zero attached hydrogens (tertiary/aromatic N) is 3. The van der Waals surface area contributed by atoms with Crippen LogP contribution in [0.15, 0.2) is 29.4 Å². The van der Waals surface area contributed by atoms with Crippen LogP contribution in [0.3, 0.4) is 0 Å². The fourth-order valence-electron chi connectivity index (χ4n) is 1.35. The zero-order valence-electron chi connectivity index (χ0n) is 9.20. The highest BCUT2D eigenvalue weighted by Crippen LogP contribution is 2.16. The molecule has 0 fully saturated rings. The zero-order chi connectivity index (χ0) is 12.8. The minimum Gasteiger partial charge on any atom is -0.293 e. The van der Waals surface area contributed by atoms with Gasteiger partial charge in [-0.3, -0.25) is 9.59 Å². The van der Waals surface area contributed by atoms with E-state index in [1.165, 1.54) is 6.92 Å². The Morgan fingerprint density at radius 1 is 1.47 bits per heavy atom. The first-order chi connectivity index (χ1) is 8.07. The fourth-order valence-corrected chi connectivity index (χ4v) is 1.47. The maximum atomic E-state index is 12.0. The molecule has 0 amide bonds. The number of ketones is 1. The first-order valence-electron chi connectivity index (χ1n) is 4.93. The molecule has 0 heterocycles. The Kier molecular flexibility index (Phi) is 4.75. The summed E-state index contributed by atoms with van der Waals surface area (Å²) in [5.41, 5.74) is 9.27. The maximum absolute atomic E-state index is 12.0. The van der Waals surface area contributed by atoms with Crippen LogP contribution in [0, 0.1) is 5.92 Å². The highest BCUT2D eigenvalue weighted by molar-refractivity contribution is 7.96. The summed E-state index contributed by atoms with van der Waals surface area (Å²) in [6.07, 6.45) is 0. The lowest BCUT2D eigenvalue weighted by Crippen LogP contribution is -2.18. The van der Waals surface area contributed by atoms with Crippen molar-refractivity contribution in [1.29, 1.82) is 0 Å². The number of carbonyl (C=O) groups excluding carboxylic acids is 2. The first kappa shape index (κ1) is 13.3. The van der Waals surface area contributed by atoms with E-state index in [-0.39, 0.29) is 12.3 Å².